The van der Waals surface area contributed by atoms with Crippen molar-refractivity contribution in [1.29, 1.82) is 0 Å². The minimum atomic E-state index is -0.128. The fourth-order valence-corrected chi connectivity index (χ4v) is 7.98. The second-order valence-corrected chi connectivity index (χ2v) is 13.1. The first-order valence-corrected chi connectivity index (χ1v) is 16.2. The van der Waals surface area contributed by atoms with E-state index in [-0.39, 0.29) is 11.5 Å². The molecule has 1 aliphatic carbocycles. The number of para-hydroxylation sites is 2. The van der Waals surface area contributed by atoms with Crippen molar-refractivity contribution in [2.24, 2.45) is 0 Å². The third kappa shape index (κ3) is 3.65. The maximum Gasteiger partial charge on any atom is 0.236 e. The molecule has 0 saturated carbocycles. The van der Waals surface area contributed by atoms with E-state index in [4.69, 9.17) is 15.0 Å². The molecule has 4 heterocycles. The molecule has 1 unspecified atom stereocenters. The Morgan fingerprint density at radius 2 is 1.23 bits per heavy atom. The second-order valence-electron chi connectivity index (χ2n) is 13.1. The first kappa shape index (κ1) is 26.3. The number of aromatic nitrogens is 4. The first-order valence-electron chi connectivity index (χ1n) is 16.2. The standard InChI is InChI=1S/C42H30N5/c1-42(2)32-21-12-20-30-31-24-28(41-44-39(26-14-6-3-7-15-26)43-40(45-41)27-16-8-4-9-17-27)25-35-37(31)47(36(30)32)38-33(42)22-13-23-34(38)46(35)29-18-10-5-11-19-29/h3-25,38H,1-2H3/q+1. The molecule has 222 valence electrons. The summed E-state index contributed by atoms with van der Waals surface area (Å²) in [5.41, 5.74) is 11.6. The molecule has 3 aliphatic rings. The molecule has 0 radical (unpaired) electrons. The van der Waals surface area contributed by atoms with Crippen LogP contribution >= 0.6 is 0 Å². The number of fused-ring (bicyclic) bond motifs is 1. The molecule has 2 aliphatic heterocycles. The molecule has 10 rings (SSSR count). The third-order valence-corrected chi connectivity index (χ3v) is 10.1. The highest BCUT2D eigenvalue weighted by atomic mass is 15.2. The van der Waals surface area contributed by atoms with Crippen LogP contribution in [0.3, 0.4) is 0 Å². The van der Waals surface area contributed by atoms with E-state index in [1.54, 1.807) is 0 Å². The molecule has 0 bridgehead atoms. The van der Waals surface area contributed by atoms with E-state index in [9.17, 15) is 0 Å². The van der Waals surface area contributed by atoms with Gasteiger partial charge in [0.2, 0.25) is 17.1 Å². The molecule has 5 nitrogen and oxygen atoms in total. The highest BCUT2D eigenvalue weighted by molar-refractivity contribution is 6.20. The van der Waals surface area contributed by atoms with Crippen LogP contribution in [-0.4, -0.2) is 25.2 Å². The summed E-state index contributed by atoms with van der Waals surface area (Å²) in [7, 11) is 0. The zero-order chi connectivity index (χ0) is 31.3. The summed E-state index contributed by atoms with van der Waals surface area (Å²) < 4.78 is 5.06. The van der Waals surface area contributed by atoms with E-state index in [1.165, 1.54) is 38.7 Å². The fourth-order valence-electron chi connectivity index (χ4n) is 7.98. The van der Waals surface area contributed by atoms with Gasteiger partial charge in [-0.25, -0.2) is 15.0 Å². The fraction of sp³-hybridized carbons (Fsp3) is 0.0952. The summed E-state index contributed by atoms with van der Waals surface area (Å²) in [5, 5.41) is 2.47. The number of nitrogens with zero attached hydrogens (tertiary/aromatic N) is 5. The van der Waals surface area contributed by atoms with Gasteiger partial charge in [-0.1, -0.05) is 123 Å². The average molecular weight is 605 g/mol. The molecule has 0 saturated heterocycles. The molecule has 47 heavy (non-hydrogen) atoms. The SMILES string of the molecule is CC1(C)C2=CC=CC3=[N+](c4ccccc4)c4cc(-c5nc(-c6ccccc6)nc(-c6ccccc6)n5)cc5c6cccc1c6n(c45)C23. The molecule has 5 heteroatoms. The van der Waals surface area contributed by atoms with E-state index in [0.717, 1.165) is 28.1 Å². The summed E-state index contributed by atoms with van der Waals surface area (Å²) in [6, 6.07) is 42.6. The smallest absolute Gasteiger partial charge is 0.236 e. The van der Waals surface area contributed by atoms with Gasteiger partial charge < -0.3 is 4.57 Å². The lowest BCUT2D eigenvalue weighted by atomic mass is 9.69. The first-order chi connectivity index (χ1) is 23.1. The molecule has 0 N–H and O–H groups in total. The largest absolute Gasteiger partial charge is 0.317 e. The van der Waals surface area contributed by atoms with E-state index in [0.29, 0.717) is 17.5 Å². The van der Waals surface area contributed by atoms with Gasteiger partial charge in [-0.15, -0.1) is 0 Å². The van der Waals surface area contributed by atoms with E-state index in [2.05, 4.69) is 126 Å². The Morgan fingerprint density at radius 1 is 0.617 bits per heavy atom. The average Bonchev–Trinajstić information content (AvgIpc) is 3.47. The minimum Gasteiger partial charge on any atom is -0.317 e. The van der Waals surface area contributed by atoms with Crippen molar-refractivity contribution >= 4 is 38.9 Å². The van der Waals surface area contributed by atoms with Gasteiger partial charge in [-0.3, -0.25) is 0 Å². The monoisotopic (exact) mass is 604 g/mol. The predicted molar refractivity (Wildman–Crippen MR) is 191 cm³/mol. The number of rotatable bonds is 4. The van der Waals surface area contributed by atoms with Gasteiger partial charge in [-0.05, 0) is 17.2 Å². The van der Waals surface area contributed by atoms with Crippen LogP contribution in [0.2, 0.25) is 0 Å². The van der Waals surface area contributed by atoms with Crippen LogP contribution in [0.5, 0.6) is 0 Å². The number of hydrogen-bond acceptors (Lipinski definition) is 3. The lowest BCUT2D eigenvalue weighted by Crippen LogP contribution is -2.41. The van der Waals surface area contributed by atoms with Crippen LogP contribution in [0.1, 0.15) is 25.5 Å². The maximum atomic E-state index is 5.14. The zero-order valence-corrected chi connectivity index (χ0v) is 26.1. The van der Waals surface area contributed by atoms with Gasteiger partial charge in [0.15, 0.2) is 17.5 Å². The second kappa shape index (κ2) is 9.54. The van der Waals surface area contributed by atoms with Crippen molar-refractivity contribution in [2.45, 2.75) is 25.3 Å². The Kier molecular flexibility index (Phi) is 5.33. The van der Waals surface area contributed by atoms with E-state index >= 15 is 0 Å². The number of allylic oxidation sites excluding steroid dienone is 4. The van der Waals surface area contributed by atoms with Crippen molar-refractivity contribution in [3.63, 3.8) is 0 Å². The summed E-state index contributed by atoms with van der Waals surface area (Å²) >= 11 is 0. The molecule has 0 amide bonds. The van der Waals surface area contributed by atoms with Crippen LogP contribution in [0, 0.1) is 0 Å². The minimum absolute atomic E-state index is 0.106. The Bertz CT molecular complexity index is 2460. The topological polar surface area (TPSA) is 46.6 Å². The predicted octanol–water partition coefficient (Wildman–Crippen LogP) is 9.60. The quantitative estimate of drug-likeness (QED) is 0.188. The lowest BCUT2D eigenvalue weighted by Gasteiger charge is -2.42. The Hall–Kier alpha value is -5.94. The van der Waals surface area contributed by atoms with Gasteiger partial charge in [-0.2, -0.15) is 4.58 Å². The van der Waals surface area contributed by atoms with Crippen molar-refractivity contribution in [3.8, 4) is 34.2 Å². The van der Waals surface area contributed by atoms with Crippen molar-refractivity contribution < 1.29 is 0 Å². The van der Waals surface area contributed by atoms with Crippen LogP contribution in [0.25, 0.3) is 56.0 Å². The van der Waals surface area contributed by atoms with Crippen LogP contribution in [0.4, 0.5) is 11.4 Å². The number of hydrogen-bond donors (Lipinski definition) is 0. The normalized spacial score (nSPS) is 17.1. The number of benzene rings is 5. The molecule has 2 aromatic heterocycles. The zero-order valence-electron chi connectivity index (χ0n) is 26.1. The summed E-state index contributed by atoms with van der Waals surface area (Å²) in [5.74, 6) is 1.97. The molecule has 1 atom stereocenters. The molecular formula is C42H30N5+. The summed E-state index contributed by atoms with van der Waals surface area (Å²) in [6.45, 7) is 4.75. The third-order valence-electron chi connectivity index (χ3n) is 10.1. The lowest BCUT2D eigenvalue weighted by molar-refractivity contribution is 0.528. The van der Waals surface area contributed by atoms with Crippen LogP contribution < -0.4 is 4.58 Å². The summed E-state index contributed by atoms with van der Waals surface area (Å²) in [4.78, 5) is 15.2. The van der Waals surface area contributed by atoms with Crippen LogP contribution in [0.15, 0.2) is 145 Å². The van der Waals surface area contributed by atoms with Crippen molar-refractivity contribution in [1.82, 2.24) is 24.1 Å². The molecule has 7 aromatic rings. The molecule has 0 spiro atoms. The Balaban J connectivity index is 1.33. The van der Waals surface area contributed by atoms with Crippen molar-refractivity contribution in [2.75, 3.05) is 0 Å². The van der Waals surface area contributed by atoms with Crippen molar-refractivity contribution in [3.05, 3.63) is 151 Å². The van der Waals surface area contributed by atoms with Gasteiger partial charge in [0.05, 0.1) is 5.52 Å². The Labute approximate surface area is 272 Å². The highest BCUT2D eigenvalue weighted by Gasteiger charge is 2.49. The molecule has 5 aromatic carbocycles. The van der Waals surface area contributed by atoms with Gasteiger partial charge in [0.25, 0.3) is 0 Å². The van der Waals surface area contributed by atoms with E-state index < -0.39 is 0 Å². The van der Waals surface area contributed by atoms with Gasteiger partial charge in [0, 0.05) is 57.2 Å². The molecular weight excluding hydrogens is 574 g/mol. The Morgan fingerprint density at radius 3 is 1.89 bits per heavy atom. The van der Waals surface area contributed by atoms with Gasteiger partial charge in [0.1, 0.15) is 11.6 Å². The summed E-state index contributed by atoms with van der Waals surface area (Å²) in [6.07, 6.45) is 6.86. The maximum absolute atomic E-state index is 5.14. The van der Waals surface area contributed by atoms with Crippen LogP contribution in [-0.2, 0) is 5.41 Å². The highest BCUT2D eigenvalue weighted by Crippen LogP contribution is 2.55. The molecule has 0 fully saturated rings. The van der Waals surface area contributed by atoms with E-state index in [1.807, 2.05) is 36.4 Å². The van der Waals surface area contributed by atoms with Gasteiger partial charge >= 0.3 is 0 Å².